The molecule has 0 unspecified atom stereocenters. The van der Waals surface area contributed by atoms with Crippen LogP contribution in [0, 0.1) is 0 Å². The van der Waals surface area contributed by atoms with E-state index in [0.29, 0.717) is 6.54 Å². The summed E-state index contributed by atoms with van der Waals surface area (Å²) >= 11 is 0. The highest BCUT2D eigenvalue weighted by molar-refractivity contribution is 6.07. The quantitative estimate of drug-likeness (QED) is 0.530. The molecule has 4 rings (SSSR count). The van der Waals surface area contributed by atoms with E-state index in [1.54, 1.807) is 19.4 Å². The van der Waals surface area contributed by atoms with E-state index in [0.717, 1.165) is 38.8 Å². The number of fused-ring (bicyclic) bond motifs is 3. The molecule has 0 atom stereocenters. The molecule has 4 aromatic rings. The Morgan fingerprint density at radius 3 is 2.74 bits per heavy atom. The van der Waals surface area contributed by atoms with E-state index < -0.39 is 0 Å². The van der Waals surface area contributed by atoms with Gasteiger partial charge in [-0.2, -0.15) is 0 Å². The minimum Gasteiger partial charge on any atom is -0.497 e. The molecule has 0 bridgehead atoms. The number of nitrogens with zero attached hydrogens (tertiary/aromatic N) is 1. The molecule has 0 aliphatic carbocycles. The van der Waals surface area contributed by atoms with Crippen molar-refractivity contribution in [3.05, 3.63) is 78.1 Å². The fourth-order valence-corrected chi connectivity index (χ4v) is 3.08. The number of aromatic amines is 1. The molecule has 1 amide bonds. The lowest BCUT2D eigenvalue weighted by Crippen LogP contribution is -2.21. The minimum absolute atomic E-state index is 0.166. The van der Waals surface area contributed by atoms with Gasteiger partial charge in [-0.15, -0.1) is 0 Å². The zero-order valence-electron chi connectivity index (χ0n) is 14.9. The van der Waals surface area contributed by atoms with Crippen LogP contribution in [0.5, 0.6) is 5.75 Å². The number of ether oxygens (including phenoxy) is 1. The third-order valence-electron chi connectivity index (χ3n) is 4.48. The summed E-state index contributed by atoms with van der Waals surface area (Å²) in [6, 6.07) is 17.6. The van der Waals surface area contributed by atoms with Gasteiger partial charge in [-0.3, -0.25) is 9.78 Å². The number of hydrogen-bond donors (Lipinski definition) is 2. The van der Waals surface area contributed by atoms with E-state index in [-0.39, 0.29) is 5.91 Å². The lowest BCUT2D eigenvalue weighted by atomic mass is 10.1. The molecule has 0 fully saturated rings. The average molecular weight is 357 g/mol. The van der Waals surface area contributed by atoms with Gasteiger partial charge in [-0.05, 0) is 35.9 Å². The van der Waals surface area contributed by atoms with Crippen molar-refractivity contribution in [1.82, 2.24) is 15.3 Å². The van der Waals surface area contributed by atoms with Crippen LogP contribution in [0.3, 0.4) is 0 Å². The van der Waals surface area contributed by atoms with Crippen molar-refractivity contribution in [2.75, 3.05) is 7.11 Å². The van der Waals surface area contributed by atoms with E-state index >= 15 is 0 Å². The number of nitrogens with one attached hydrogen (secondary N) is 2. The summed E-state index contributed by atoms with van der Waals surface area (Å²) in [6.45, 7) is 0.357. The van der Waals surface area contributed by atoms with E-state index in [9.17, 15) is 4.79 Å². The van der Waals surface area contributed by atoms with Crippen molar-refractivity contribution in [3.63, 3.8) is 0 Å². The van der Waals surface area contributed by atoms with Crippen LogP contribution in [0.25, 0.3) is 27.9 Å². The Balaban J connectivity index is 1.48. The van der Waals surface area contributed by atoms with Gasteiger partial charge >= 0.3 is 0 Å². The molecule has 5 nitrogen and oxygen atoms in total. The topological polar surface area (TPSA) is 67.0 Å². The molecule has 134 valence electrons. The third-order valence-corrected chi connectivity index (χ3v) is 4.48. The zero-order chi connectivity index (χ0) is 18.6. The fourth-order valence-electron chi connectivity index (χ4n) is 3.08. The first-order valence-corrected chi connectivity index (χ1v) is 8.69. The minimum atomic E-state index is -0.166. The molecule has 27 heavy (non-hydrogen) atoms. The molecule has 2 aromatic heterocycles. The smallest absolute Gasteiger partial charge is 0.244 e. The molecule has 0 saturated carbocycles. The van der Waals surface area contributed by atoms with E-state index in [1.165, 1.54) is 6.08 Å². The van der Waals surface area contributed by atoms with Gasteiger partial charge in [-0.25, -0.2) is 0 Å². The highest BCUT2D eigenvalue weighted by Crippen LogP contribution is 2.26. The summed E-state index contributed by atoms with van der Waals surface area (Å²) in [7, 11) is 1.63. The van der Waals surface area contributed by atoms with Crippen molar-refractivity contribution in [1.29, 1.82) is 0 Å². The van der Waals surface area contributed by atoms with Gasteiger partial charge in [0.15, 0.2) is 0 Å². The number of amides is 1. The summed E-state index contributed by atoms with van der Waals surface area (Å²) in [5, 5.41) is 5.16. The van der Waals surface area contributed by atoms with Crippen LogP contribution in [-0.2, 0) is 11.3 Å². The maximum atomic E-state index is 12.2. The summed E-state index contributed by atoms with van der Waals surface area (Å²) in [5.41, 5.74) is 3.77. The number of aromatic nitrogens is 2. The van der Waals surface area contributed by atoms with Crippen LogP contribution >= 0.6 is 0 Å². The van der Waals surface area contributed by atoms with Gasteiger partial charge in [0.05, 0.1) is 24.9 Å². The van der Waals surface area contributed by atoms with Crippen LogP contribution in [0.15, 0.2) is 66.9 Å². The number of methoxy groups -OCH3 is 1. The third kappa shape index (κ3) is 3.53. The molecule has 2 aromatic carbocycles. The SMILES string of the molecule is COc1ccc(/C=C/C(=O)NCc2nccc3c2[nH]c2ccccc23)cc1. The molecule has 0 saturated heterocycles. The van der Waals surface area contributed by atoms with E-state index in [1.807, 2.05) is 48.5 Å². The van der Waals surface area contributed by atoms with Crippen molar-refractivity contribution in [2.45, 2.75) is 6.54 Å². The largest absolute Gasteiger partial charge is 0.497 e. The monoisotopic (exact) mass is 357 g/mol. The maximum absolute atomic E-state index is 12.2. The van der Waals surface area contributed by atoms with Gasteiger partial charge in [0.25, 0.3) is 0 Å². The number of benzene rings is 2. The average Bonchev–Trinajstić information content (AvgIpc) is 3.10. The van der Waals surface area contributed by atoms with Gasteiger partial charge in [0.1, 0.15) is 5.75 Å². The normalized spacial score (nSPS) is 11.3. The van der Waals surface area contributed by atoms with Crippen molar-refractivity contribution >= 4 is 33.8 Å². The van der Waals surface area contributed by atoms with Crippen molar-refractivity contribution < 1.29 is 9.53 Å². The Bertz CT molecular complexity index is 1130. The van der Waals surface area contributed by atoms with Gasteiger partial charge in [0.2, 0.25) is 5.91 Å². The van der Waals surface area contributed by atoms with Gasteiger partial charge < -0.3 is 15.0 Å². The molecular formula is C22H19N3O2. The number of para-hydroxylation sites is 1. The maximum Gasteiger partial charge on any atom is 0.244 e. The lowest BCUT2D eigenvalue weighted by molar-refractivity contribution is -0.116. The highest BCUT2D eigenvalue weighted by atomic mass is 16.5. The predicted molar refractivity (Wildman–Crippen MR) is 107 cm³/mol. The number of H-pyrrole nitrogens is 1. The molecule has 0 aliphatic rings. The predicted octanol–water partition coefficient (Wildman–Crippen LogP) is 4.05. The Morgan fingerprint density at radius 1 is 1.11 bits per heavy atom. The van der Waals surface area contributed by atoms with E-state index in [4.69, 9.17) is 4.74 Å². The zero-order valence-corrected chi connectivity index (χ0v) is 14.9. The molecular weight excluding hydrogens is 338 g/mol. The number of hydrogen-bond acceptors (Lipinski definition) is 3. The van der Waals surface area contributed by atoms with Crippen molar-refractivity contribution in [2.24, 2.45) is 0 Å². The molecule has 0 aliphatic heterocycles. The van der Waals surface area contributed by atoms with Gasteiger partial charge in [0, 0.05) is 28.6 Å². The van der Waals surface area contributed by atoms with Crippen LogP contribution in [0.4, 0.5) is 0 Å². The highest BCUT2D eigenvalue weighted by Gasteiger charge is 2.09. The molecule has 2 N–H and O–H groups in total. The first kappa shape index (κ1) is 16.8. The summed E-state index contributed by atoms with van der Waals surface area (Å²) in [6.07, 6.45) is 5.07. The first-order chi connectivity index (χ1) is 13.2. The number of carbonyl (C=O) groups is 1. The summed E-state index contributed by atoms with van der Waals surface area (Å²) in [5.74, 6) is 0.620. The lowest BCUT2D eigenvalue weighted by Gasteiger charge is -2.03. The van der Waals surface area contributed by atoms with E-state index in [2.05, 4.69) is 21.4 Å². The fraction of sp³-hybridized carbons (Fsp3) is 0.0909. The molecule has 0 spiro atoms. The van der Waals surface area contributed by atoms with Gasteiger partial charge in [-0.1, -0.05) is 30.3 Å². The standard InChI is InChI=1S/C22H19N3O2/c1-27-16-9-6-15(7-10-16)8-11-21(26)24-14-20-22-18(12-13-23-20)17-4-2-3-5-19(17)25-22/h2-13,25H,14H2,1H3,(H,24,26)/b11-8+. The Morgan fingerprint density at radius 2 is 1.93 bits per heavy atom. The summed E-state index contributed by atoms with van der Waals surface area (Å²) < 4.78 is 5.13. The molecule has 5 heteroatoms. The first-order valence-electron chi connectivity index (χ1n) is 8.69. The number of carbonyl (C=O) groups excluding carboxylic acids is 1. The number of pyridine rings is 1. The number of rotatable bonds is 5. The Labute approximate surface area is 156 Å². The summed E-state index contributed by atoms with van der Waals surface area (Å²) in [4.78, 5) is 20.0. The Kier molecular flexibility index (Phi) is 4.58. The van der Waals surface area contributed by atoms with Crippen LogP contribution in [-0.4, -0.2) is 23.0 Å². The molecule has 2 heterocycles. The Hall–Kier alpha value is -3.60. The second-order valence-corrected chi connectivity index (χ2v) is 6.18. The molecule has 0 radical (unpaired) electrons. The van der Waals surface area contributed by atoms with Crippen molar-refractivity contribution in [3.8, 4) is 5.75 Å². The van der Waals surface area contributed by atoms with Crippen LogP contribution in [0.1, 0.15) is 11.3 Å². The second-order valence-electron chi connectivity index (χ2n) is 6.18. The second kappa shape index (κ2) is 7.33. The van der Waals surface area contributed by atoms with Crippen LogP contribution < -0.4 is 10.1 Å². The van der Waals surface area contributed by atoms with Crippen LogP contribution in [0.2, 0.25) is 0 Å².